The summed E-state index contributed by atoms with van der Waals surface area (Å²) in [5.41, 5.74) is 8.49. The molecule has 0 radical (unpaired) electrons. The van der Waals surface area contributed by atoms with E-state index in [1.807, 2.05) is 25.1 Å². The molecule has 3 aromatic heterocycles. The molecule has 0 spiro atoms. The van der Waals surface area contributed by atoms with Crippen molar-refractivity contribution in [1.29, 1.82) is 0 Å². The maximum Gasteiger partial charge on any atom is 0.223 e. The lowest BCUT2D eigenvalue weighted by Crippen LogP contribution is -2.14. The van der Waals surface area contributed by atoms with Gasteiger partial charge in [-0.3, -0.25) is 9.78 Å². The second kappa shape index (κ2) is 6.96. The first-order chi connectivity index (χ1) is 13.0. The number of amides is 1. The highest BCUT2D eigenvalue weighted by Crippen LogP contribution is 2.29. The Balaban J connectivity index is 1.85. The number of aryl methyl sites for hydroxylation is 1. The first-order valence-corrected chi connectivity index (χ1v) is 8.82. The van der Waals surface area contributed by atoms with Crippen molar-refractivity contribution in [3.05, 3.63) is 41.5 Å². The zero-order valence-electron chi connectivity index (χ0n) is 15.3. The monoisotopic (exact) mass is 367 g/mol. The van der Waals surface area contributed by atoms with Crippen LogP contribution in [0, 0.1) is 6.92 Å². The van der Waals surface area contributed by atoms with Crippen LogP contribution in [0.2, 0.25) is 0 Å². The lowest BCUT2D eigenvalue weighted by atomic mass is 10.0. The SMILES string of the molecule is COc1cc(C2CCOC2)nc(-n2nc(C)c3cnc(CC(N)=O)cc32)c1. The third-order valence-corrected chi connectivity index (χ3v) is 4.77. The van der Waals surface area contributed by atoms with Gasteiger partial charge in [-0.2, -0.15) is 5.10 Å². The van der Waals surface area contributed by atoms with Crippen LogP contribution < -0.4 is 10.5 Å². The van der Waals surface area contributed by atoms with E-state index in [-0.39, 0.29) is 12.3 Å². The predicted octanol–water partition coefficient (Wildman–Crippen LogP) is 1.66. The van der Waals surface area contributed by atoms with Crippen molar-refractivity contribution in [2.45, 2.75) is 25.7 Å². The van der Waals surface area contributed by atoms with Crippen molar-refractivity contribution >= 4 is 16.8 Å². The lowest BCUT2D eigenvalue weighted by Gasteiger charge is -2.12. The number of pyridine rings is 2. The number of nitrogens with zero attached hydrogens (tertiary/aromatic N) is 4. The van der Waals surface area contributed by atoms with E-state index in [2.05, 4.69) is 10.1 Å². The van der Waals surface area contributed by atoms with Gasteiger partial charge in [0.2, 0.25) is 5.91 Å². The van der Waals surface area contributed by atoms with Gasteiger partial charge >= 0.3 is 0 Å². The molecule has 0 aromatic carbocycles. The molecule has 4 rings (SSSR count). The fraction of sp³-hybridized carbons (Fsp3) is 0.368. The summed E-state index contributed by atoms with van der Waals surface area (Å²) in [4.78, 5) is 20.4. The summed E-state index contributed by atoms with van der Waals surface area (Å²) < 4.78 is 12.7. The van der Waals surface area contributed by atoms with Gasteiger partial charge in [0.05, 0.1) is 42.7 Å². The van der Waals surface area contributed by atoms with Crippen molar-refractivity contribution in [1.82, 2.24) is 19.7 Å². The quantitative estimate of drug-likeness (QED) is 0.735. The second-order valence-electron chi connectivity index (χ2n) is 6.68. The largest absolute Gasteiger partial charge is 0.497 e. The molecule has 1 fully saturated rings. The normalized spacial score (nSPS) is 16.7. The Bertz CT molecular complexity index is 1010. The summed E-state index contributed by atoms with van der Waals surface area (Å²) in [6.45, 7) is 3.32. The number of nitrogens with two attached hydrogens (primary N) is 1. The molecule has 1 aliphatic rings. The van der Waals surface area contributed by atoms with E-state index < -0.39 is 5.91 Å². The topological polar surface area (TPSA) is 105 Å². The van der Waals surface area contributed by atoms with Gasteiger partial charge in [-0.1, -0.05) is 0 Å². The van der Waals surface area contributed by atoms with E-state index in [0.717, 1.165) is 41.1 Å². The summed E-state index contributed by atoms with van der Waals surface area (Å²) in [7, 11) is 1.63. The number of aromatic nitrogens is 4. The molecule has 8 nitrogen and oxygen atoms in total. The zero-order chi connectivity index (χ0) is 19.0. The zero-order valence-corrected chi connectivity index (χ0v) is 15.3. The van der Waals surface area contributed by atoms with Crippen molar-refractivity contribution in [2.75, 3.05) is 20.3 Å². The van der Waals surface area contributed by atoms with Gasteiger partial charge < -0.3 is 15.2 Å². The standard InChI is InChI=1S/C19H21N5O3/c1-11-15-9-21-13(6-18(20)25)5-17(15)24(23-11)19-8-14(26-2)7-16(22-19)12-3-4-27-10-12/h5,7-9,12H,3-4,6,10H2,1-2H3,(H2,20,25). The minimum absolute atomic E-state index is 0.0797. The van der Waals surface area contributed by atoms with Gasteiger partial charge in [-0.15, -0.1) is 0 Å². The fourth-order valence-corrected chi connectivity index (χ4v) is 3.36. The molecule has 1 atom stereocenters. The number of carbonyl (C=O) groups is 1. The van der Waals surface area contributed by atoms with Crippen molar-refractivity contribution in [3.8, 4) is 11.6 Å². The third-order valence-electron chi connectivity index (χ3n) is 4.77. The summed E-state index contributed by atoms with van der Waals surface area (Å²) in [5.74, 6) is 1.20. The van der Waals surface area contributed by atoms with E-state index in [4.69, 9.17) is 20.2 Å². The van der Waals surface area contributed by atoms with Crippen molar-refractivity contribution in [3.63, 3.8) is 0 Å². The number of fused-ring (bicyclic) bond motifs is 1. The fourth-order valence-electron chi connectivity index (χ4n) is 3.36. The Morgan fingerprint density at radius 3 is 2.96 bits per heavy atom. The van der Waals surface area contributed by atoms with E-state index in [9.17, 15) is 4.79 Å². The molecule has 2 N–H and O–H groups in total. The van der Waals surface area contributed by atoms with Gasteiger partial charge in [-0.05, 0) is 19.4 Å². The minimum Gasteiger partial charge on any atom is -0.497 e. The van der Waals surface area contributed by atoms with Crippen LogP contribution in [0.1, 0.15) is 29.4 Å². The van der Waals surface area contributed by atoms with E-state index in [0.29, 0.717) is 18.1 Å². The number of primary amides is 1. The van der Waals surface area contributed by atoms with Crippen molar-refractivity contribution in [2.24, 2.45) is 5.73 Å². The molecule has 140 valence electrons. The number of hydrogen-bond donors (Lipinski definition) is 1. The highest BCUT2D eigenvalue weighted by molar-refractivity contribution is 5.84. The van der Waals surface area contributed by atoms with Gasteiger partial charge in [0.1, 0.15) is 5.75 Å². The van der Waals surface area contributed by atoms with Crippen LogP contribution in [0.5, 0.6) is 5.75 Å². The average molecular weight is 367 g/mol. The van der Waals surface area contributed by atoms with Crippen LogP contribution in [0.3, 0.4) is 0 Å². The second-order valence-corrected chi connectivity index (χ2v) is 6.68. The number of carbonyl (C=O) groups excluding carboxylic acids is 1. The first-order valence-electron chi connectivity index (χ1n) is 8.82. The maximum atomic E-state index is 11.3. The molecule has 0 bridgehead atoms. The Labute approximate surface area is 156 Å². The molecular weight excluding hydrogens is 346 g/mol. The van der Waals surface area contributed by atoms with Crippen LogP contribution in [0.15, 0.2) is 24.4 Å². The van der Waals surface area contributed by atoms with E-state index in [1.54, 1.807) is 18.0 Å². The van der Waals surface area contributed by atoms with Crippen LogP contribution in [-0.4, -0.2) is 46.0 Å². The van der Waals surface area contributed by atoms with E-state index in [1.165, 1.54) is 0 Å². The molecule has 3 aromatic rings. The van der Waals surface area contributed by atoms with E-state index >= 15 is 0 Å². The minimum atomic E-state index is -0.423. The molecule has 1 unspecified atom stereocenters. The Morgan fingerprint density at radius 2 is 2.26 bits per heavy atom. The molecule has 27 heavy (non-hydrogen) atoms. The molecule has 1 amide bonds. The molecule has 0 saturated carbocycles. The number of hydrogen-bond acceptors (Lipinski definition) is 6. The van der Waals surface area contributed by atoms with Crippen LogP contribution in [-0.2, 0) is 16.0 Å². The number of rotatable bonds is 5. The van der Waals surface area contributed by atoms with Crippen LogP contribution in [0.4, 0.5) is 0 Å². The summed E-state index contributed by atoms with van der Waals surface area (Å²) in [6.07, 6.45) is 2.74. The predicted molar refractivity (Wildman–Crippen MR) is 99.0 cm³/mol. The Morgan fingerprint density at radius 1 is 1.41 bits per heavy atom. The van der Waals surface area contributed by atoms with Gasteiger partial charge in [0.15, 0.2) is 5.82 Å². The molecular formula is C19H21N5O3. The van der Waals surface area contributed by atoms with Crippen molar-refractivity contribution < 1.29 is 14.3 Å². The molecule has 8 heteroatoms. The third kappa shape index (κ3) is 3.35. The van der Waals surface area contributed by atoms with Crippen LogP contribution in [0.25, 0.3) is 16.7 Å². The Hall–Kier alpha value is -3.00. The Kier molecular flexibility index (Phi) is 4.49. The van der Waals surface area contributed by atoms with Gasteiger partial charge in [0.25, 0.3) is 0 Å². The molecule has 4 heterocycles. The smallest absolute Gasteiger partial charge is 0.223 e. The number of ether oxygens (including phenoxy) is 2. The summed E-state index contributed by atoms with van der Waals surface area (Å²) in [6, 6.07) is 5.63. The highest BCUT2D eigenvalue weighted by atomic mass is 16.5. The average Bonchev–Trinajstić information content (AvgIpc) is 3.29. The first kappa shape index (κ1) is 17.4. The van der Waals surface area contributed by atoms with Gasteiger partial charge in [-0.25, -0.2) is 9.67 Å². The highest BCUT2D eigenvalue weighted by Gasteiger charge is 2.22. The maximum absolute atomic E-state index is 11.3. The summed E-state index contributed by atoms with van der Waals surface area (Å²) >= 11 is 0. The molecule has 1 aliphatic heterocycles. The van der Waals surface area contributed by atoms with Gasteiger partial charge in [0, 0.05) is 36.2 Å². The molecule has 0 aliphatic carbocycles. The van der Waals surface area contributed by atoms with Crippen LogP contribution >= 0.6 is 0 Å². The lowest BCUT2D eigenvalue weighted by molar-refractivity contribution is -0.117. The number of methoxy groups -OCH3 is 1. The molecule has 1 saturated heterocycles. The summed E-state index contributed by atoms with van der Waals surface area (Å²) in [5, 5.41) is 5.54.